The van der Waals surface area contributed by atoms with Gasteiger partial charge >= 0.3 is 0 Å². The molecule has 0 aliphatic rings. The molecule has 2 rings (SSSR count). The molecule has 0 aliphatic carbocycles. The summed E-state index contributed by atoms with van der Waals surface area (Å²) in [4.78, 5) is 13.9. The molecule has 21 heavy (non-hydrogen) atoms. The van der Waals surface area contributed by atoms with Crippen LogP contribution in [0, 0.1) is 0 Å². The monoisotopic (exact) mass is 285 g/mol. The van der Waals surface area contributed by atoms with Crippen LogP contribution in [0.15, 0.2) is 43.0 Å². The number of ether oxygens (including phenoxy) is 1. The quantitative estimate of drug-likeness (QED) is 0.792. The van der Waals surface area contributed by atoms with Crippen LogP contribution < -0.4 is 4.74 Å². The third-order valence-electron chi connectivity index (χ3n) is 3.23. The van der Waals surface area contributed by atoms with Crippen LogP contribution in [-0.2, 0) is 7.05 Å². The van der Waals surface area contributed by atoms with Crippen molar-refractivity contribution in [1.82, 2.24) is 14.7 Å². The van der Waals surface area contributed by atoms with E-state index < -0.39 is 0 Å². The highest BCUT2D eigenvalue weighted by molar-refractivity contribution is 5.93. The van der Waals surface area contributed by atoms with Gasteiger partial charge in [0.25, 0.3) is 5.91 Å². The summed E-state index contributed by atoms with van der Waals surface area (Å²) in [6.07, 6.45) is 1.69. The topological polar surface area (TPSA) is 47.4 Å². The Morgan fingerprint density at radius 1 is 1.48 bits per heavy atom. The fourth-order valence-electron chi connectivity index (χ4n) is 2.13. The van der Waals surface area contributed by atoms with Crippen LogP contribution in [0.2, 0.25) is 0 Å². The van der Waals surface area contributed by atoms with Crippen LogP contribution in [0.4, 0.5) is 0 Å². The summed E-state index contributed by atoms with van der Waals surface area (Å²) >= 11 is 0. The minimum atomic E-state index is -0.0916. The Morgan fingerprint density at radius 3 is 2.86 bits per heavy atom. The Morgan fingerprint density at radius 2 is 2.19 bits per heavy atom. The lowest BCUT2D eigenvalue weighted by molar-refractivity contribution is 0.0799. The van der Waals surface area contributed by atoms with Crippen molar-refractivity contribution in [2.45, 2.75) is 0 Å². The van der Waals surface area contributed by atoms with E-state index in [0.29, 0.717) is 17.9 Å². The van der Waals surface area contributed by atoms with E-state index in [0.717, 1.165) is 11.3 Å². The number of methoxy groups -OCH3 is 1. The van der Waals surface area contributed by atoms with Crippen LogP contribution in [-0.4, -0.2) is 41.3 Å². The fourth-order valence-corrected chi connectivity index (χ4v) is 2.13. The number of aryl methyl sites for hydroxylation is 1. The SMILES string of the molecule is C=CCN(C)C(=O)c1cc(-c2ccccc2OC)nn1C. The molecule has 1 amide bonds. The summed E-state index contributed by atoms with van der Waals surface area (Å²) in [5, 5.41) is 4.42. The maximum absolute atomic E-state index is 12.3. The highest BCUT2D eigenvalue weighted by atomic mass is 16.5. The van der Waals surface area contributed by atoms with Gasteiger partial charge in [-0.1, -0.05) is 18.2 Å². The molecule has 1 aromatic carbocycles. The van der Waals surface area contributed by atoms with E-state index in [-0.39, 0.29) is 5.91 Å². The van der Waals surface area contributed by atoms with Gasteiger partial charge in [-0.15, -0.1) is 6.58 Å². The van der Waals surface area contributed by atoms with Gasteiger partial charge < -0.3 is 9.64 Å². The molecule has 5 nitrogen and oxygen atoms in total. The van der Waals surface area contributed by atoms with Crippen LogP contribution in [0.3, 0.4) is 0 Å². The second-order valence-corrected chi connectivity index (χ2v) is 4.71. The molecule has 0 aliphatic heterocycles. The highest BCUT2D eigenvalue weighted by Gasteiger charge is 2.18. The van der Waals surface area contributed by atoms with E-state index in [1.54, 1.807) is 42.9 Å². The number of rotatable bonds is 5. The van der Waals surface area contributed by atoms with Crippen molar-refractivity contribution in [3.63, 3.8) is 0 Å². The second-order valence-electron chi connectivity index (χ2n) is 4.71. The van der Waals surface area contributed by atoms with E-state index in [2.05, 4.69) is 11.7 Å². The third kappa shape index (κ3) is 2.97. The smallest absolute Gasteiger partial charge is 0.272 e. The molecule has 0 fully saturated rings. The second kappa shape index (κ2) is 6.26. The predicted molar refractivity (Wildman–Crippen MR) is 82.4 cm³/mol. The van der Waals surface area contributed by atoms with Crippen LogP contribution in [0.1, 0.15) is 10.5 Å². The molecular formula is C16H19N3O2. The average Bonchev–Trinajstić information content (AvgIpc) is 2.88. The van der Waals surface area contributed by atoms with Crippen LogP contribution >= 0.6 is 0 Å². The number of aromatic nitrogens is 2. The van der Waals surface area contributed by atoms with Gasteiger partial charge in [-0.25, -0.2) is 0 Å². The number of benzene rings is 1. The number of likely N-dealkylation sites (N-methyl/N-ethyl adjacent to an activating group) is 1. The first-order valence-corrected chi connectivity index (χ1v) is 6.62. The summed E-state index contributed by atoms with van der Waals surface area (Å²) < 4.78 is 6.92. The zero-order valence-corrected chi connectivity index (χ0v) is 12.5. The first kappa shape index (κ1) is 14.8. The van der Waals surface area contributed by atoms with Crippen molar-refractivity contribution in [2.75, 3.05) is 20.7 Å². The van der Waals surface area contributed by atoms with E-state index in [1.807, 2.05) is 24.3 Å². The molecule has 0 bridgehead atoms. The molecule has 0 spiro atoms. The first-order chi connectivity index (χ1) is 10.1. The van der Waals surface area contributed by atoms with Gasteiger partial charge in [0.2, 0.25) is 0 Å². The molecule has 0 atom stereocenters. The Kier molecular flexibility index (Phi) is 4.42. The maximum Gasteiger partial charge on any atom is 0.272 e. The van der Waals surface area contributed by atoms with Crippen molar-refractivity contribution in [3.05, 3.63) is 48.7 Å². The molecule has 1 aromatic heterocycles. The van der Waals surface area contributed by atoms with Gasteiger partial charge in [-0.05, 0) is 18.2 Å². The largest absolute Gasteiger partial charge is 0.496 e. The van der Waals surface area contributed by atoms with Crippen LogP contribution in [0.25, 0.3) is 11.3 Å². The molecule has 0 N–H and O–H groups in total. The average molecular weight is 285 g/mol. The normalized spacial score (nSPS) is 10.2. The van der Waals surface area contributed by atoms with Crippen molar-refractivity contribution >= 4 is 5.91 Å². The fraction of sp³-hybridized carbons (Fsp3) is 0.250. The molecule has 0 saturated carbocycles. The lowest BCUT2D eigenvalue weighted by Crippen LogP contribution is -2.28. The summed E-state index contributed by atoms with van der Waals surface area (Å²) in [5.41, 5.74) is 2.10. The number of nitrogens with zero attached hydrogens (tertiary/aromatic N) is 3. The molecule has 0 saturated heterocycles. The van der Waals surface area contributed by atoms with E-state index >= 15 is 0 Å². The third-order valence-corrected chi connectivity index (χ3v) is 3.23. The lowest BCUT2D eigenvalue weighted by Gasteiger charge is -2.14. The Labute approximate surface area is 124 Å². The standard InChI is InChI=1S/C16H19N3O2/c1-5-10-18(2)16(20)14-11-13(17-19(14)3)12-8-6-7-9-15(12)21-4/h5-9,11H,1,10H2,2-4H3. The Balaban J connectivity index is 2.39. The van der Waals surface area contributed by atoms with Gasteiger partial charge in [-0.3, -0.25) is 9.48 Å². The Hall–Kier alpha value is -2.56. The highest BCUT2D eigenvalue weighted by Crippen LogP contribution is 2.29. The molecule has 1 heterocycles. The summed E-state index contributed by atoms with van der Waals surface area (Å²) in [6, 6.07) is 9.38. The minimum Gasteiger partial charge on any atom is -0.496 e. The van der Waals surface area contributed by atoms with Gasteiger partial charge in [0.05, 0.1) is 12.8 Å². The van der Waals surface area contributed by atoms with Gasteiger partial charge in [-0.2, -0.15) is 5.10 Å². The minimum absolute atomic E-state index is 0.0916. The van der Waals surface area contributed by atoms with Crippen LogP contribution in [0.5, 0.6) is 5.75 Å². The molecule has 0 unspecified atom stereocenters. The maximum atomic E-state index is 12.3. The first-order valence-electron chi connectivity index (χ1n) is 6.62. The molecule has 5 heteroatoms. The Bertz CT molecular complexity index is 661. The van der Waals surface area contributed by atoms with Crippen molar-refractivity contribution in [2.24, 2.45) is 7.05 Å². The number of carbonyl (C=O) groups excluding carboxylic acids is 1. The number of hydrogen-bond acceptors (Lipinski definition) is 3. The van der Waals surface area contributed by atoms with Crippen molar-refractivity contribution in [3.8, 4) is 17.0 Å². The number of amides is 1. The van der Waals surface area contributed by atoms with Crippen molar-refractivity contribution in [1.29, 1.82) is 0 Å². The van der Waals surface area contributed by atoms with E-state index in [4.69, 9.17) is 4.74 Å². The molecule has 110 valence electrons. The van der Waals surface area contributed by atoms with Crippen molar-refractivity contribution < 1.29 is 9.53 Å². The van der Waals surface area contributed by atoms with E-state index in [9.17, 15) is 4.79 Å². The van der Waals surface area contributed by atoms with Gasteiger partial charge in [0.15, 0.2) is 0 Å². The summed E-state index contributed by atoms with van der Waals surface area (Å²) in [7, 11) is 5.11. The zero-order valence-electron chi connectivity index (χ0n) is 12.5. The number of hydrogen-bond donors (Lipinski definition) is 0. The zero-order chi connectivity index (χ0) is 15.4. The van der Waals surface area contributed by atoms with E-state index in [1.165, 1.54) is 0 Å². The molecule has 0 radical (unpaired) electrons. The summed E-state index contributed by atoms with van der Waals surface area (Å²) in [6.45, 7) is 4.14. The van der Waals surface area contributed by atoms with Gasteiger partial charge in [0.1, 0.15) is 11.4 Å². The molecule has 2 aromatic rings. The predicted octanol–water partition coefficient (Wildman–Crippen LogP) is 2.35. The van der Waals surface area contributed by atoms with Gasteiger partial charge in [0, 0.05) is 26.2 Å². The number of carbonyl (C=O) groups is 1. The summed E-state index contributed by atoms with van der Waals surface area (Å²) in [5.74, 6) is 0.639. The molecular weight excluding hydrogens is 266 g/mol. The lowest BCUT2D eigenvalue weighted by atomic mass is 10.1. The number of para-hydroxylation sites is 1.